The number of benzene rings is 4. The number of aromatic nitrogens is 4. The molecule has 0 aliphatic rings. The molecule has 0 aliphatic heterocycles. The molecule has 4 aromatic heterocycles. The summed E-state index contributed by atoms with van der Waals surface area (Å²) in [5, 5.41) is 0. The Labute approximate surface area is 657 Å². The fraction of sp³-hybridized carbons (Fsp3) is 0.546. The van der Waals surface area contributed by atoms with E-state index in [1.54, 1.807) is 39.8 Å². The van der Waals surface area contributed by atoms with E-state index >= 15 is 0 Å². The number of aryl methyl sites for hydroxylation is 9. The first-order chi connectivity index (χ1) is 47.8. The van der Waals surface area contributed by atoms with Gasteiger partial charge in [-0.05, 0) is 0 Å². The SMILES string of the molecule is CCC(CC)c1ccc(C)c(-c2c[c]([Ge]([CH3])([CH3])[CH3])c(CC(C)(C)C)c[n+]2C)c1.Cc1cc(C(C)C)ccc1-c1c[c]([Ge]([CH3])([CH3])[CH3])c(CC(C)(C)C)c[n+]1C.Cc1cc(CC(C)C)ccc1-c1c[c]([Ge]([CH3])([CH3])[CH3])c(CC(C)(C)C)c[n+]1C.Cc1ccc(-c2c[c]([Ge]([CH3])([CH3])[CH3])c(CC(C)(C)C)c[n+]2C)c(C)c1. The standard InChI is InChI=1S/C26H42GeN.C25H40GeN.C24H38GeN.C22H34GeN/c1-11-20(12-2)21-14-13-19(3)23(15-21)25-16-24(27(7,8)9)22(18-28(25)10)17-26(4,5)6;1-18(2)13-20-11-12-22(19(3)14-20)24-15-23(26(7,8)9)21(17-27(24)10)16-25(4,5)6;1-17(2)19-11-12-21(18(3)13-19)23-14-22(25(7,8)9)20(16-26(23)10)15-24(4,5)6;1-16-10-11-19(17(2)12-16)21-13-20(23(6,7)8)18(15-24(21)9)14-22(3,4)5/h13-16,18,20H,11-12,17H2,1-10H3;11-12,14-15,17-18H,13,16H2,1-10H3;11-14,16-17H,15H2,1-10H3;10-13,15H,14H2,1-9H3/q4*+1. The zero-order chi connectivity index (χ0) is 80.0. The molecule has 574 valence electrons. The van der Waals surface area contributed by atoms with E-state index in [0.29, 0.717) is 39.4 Å². The molecule has 0 N–H and O–H groups in total. The van der Waals surface area contributed by atoms with E-state index < -0.39 is 53.1 Å². The van der Waals surface area contributed by atoms with Crippen LogP contribution in [0, 0.1) is 62.2 Å². The van der Waals surface area contributed by atoms with Crippen LogP contribution in [0.1, 0.15) is 216 Å². The summed E-state index contributed by atoms with van der Waals surface area (Å²) in [7, 11) is 8.84. The van der Waals surface area contributed by atoms with Crippen molar-refractivity contribution in [2.75, 3.05) is 0 Å². The molecule has 4 nitrogen and oxygen atoms in total. The topological polar surface area (TPSA) is 15.5 Å². The minimum atomic E-state index is -2.00. The molecule has 0 unspecified atom stereocenters. The molecule has 0 fully saturated rings. The van der Waals surface area contributed by atoms with Crippen LogP contribution in [0.3, 0.4) is 0 Å². The van der Waals surface area contributed by atoms with Crippen LogP contribution in [0.2, 0.25) is 69.1 Å². The van der Waals surface area contributed by atoms with E-state index in [1.807, 2.05) is 0 Å². The molecule has 0 bridgehead atoms. The number of nitrogens with zero attached hydrogens (tertiary/aromatic N) is 4. The Bertz CT molecular complexity index is 4250. The first kappa shape index (κ1) is 91.3. The van der Waals surface area contributed by atoms with Crippen molar-refractivity contribution >= 4 is 70.6 Å². The maximum atomic E-state index is 2.54. The van der Waals surface area contributed by atoms with E-state index in [4.69, 9.17) is 0 Å². The summed E-state index contributed by atoms with van der Waals surface area (Å²) in [6, 6.07) is 38.0. The second-order valence-corrected chi connectivity index (χ2v) is 84.0. The van der Waals surface area contributed by atoms with Gasteiger partial charge in [-0.3, -0.25) is 0 Å². The number of rotatable bonds is 18. The second-order valence-electron chi connectivity index (χ2n) is 41.7. The van der Waals surface area contributed by atoms with Gasteiger partial charge in [-0.15, -0.1) is 0 Å². The molecule has 0 saturated heterocycles. The molecule has 0 spiro atoms. The Balaban J connectivity index is 0.000000252. The average molecular weight is 1670 g/mol. The van der Waals surface area contributed by atoms with Gasteiger partial charge in [0.15, 0.2) is 0 Å². The van der Waals surface area contributed by atoms with E-state index in [2.05, 4.69) is 397 Å². The molecule has 4 aromatic carbocycles. The van der Waals surface area contributed by atoms with Gasteiger partial charge in [-0.1, -0.05) is 0 Å². The van der Waals surface area contributed by atoms with Crippen molar-refractivity contribution in [3.8, 4) is 45.0 Å². The zero-order valence-electron chi connectivity index (χ0n) is 75.0. The first-order valence-electron chi connectivity index (χ1n) is 40.3. The molecule has 8 heteroatoms. The molecular formula is C97H154Ge4N4+4. The van der Waals surface area contributed by atoms with Crippen molar-refractivity contribution in [1.82, 2.24) is 0 Å². The fourth-order valence-electron chi connectivity index (χ4n) is 15.5. The molecule has 8 aromatic rings. The number of hydrogen-bond donors (Lipinski definition) is 0. The van der Waals surface area contributed by atoms with Crippen molar-refractivity contribution in [2.45, 2.75) is 285 Å². The summed E-state index contributed by atoms with van der Waals surface area (Å²) >= 11 is -7.89. The Morgan fingerprint density at radius 1 is 0.324 bits per heavy atom. The van der Waals surface area contributed by atoms with Crippen LogP contribution in [-0.2, 0) is 60.3 Å². The van der Waals surface area contributed by atoms with Crippen LogP contribution in [0.5, 0.6) is 0 Å². The van der Waals surface area contributed by atoms with Gasteiger partial charge in [-0.25, -0.2) is 0 Å². The Morgan fingerprint density at radius 2 is 0.619 bits per heavy atom. The molecule has 0 atom stereocenters. The number of hydrogen-bond acceptors (Lipinski definition) is 0. The molecule has 0 aliphatic carbocycles. The van der Waals surface area contributed by atoms with Crippen LogP contribution in [0.25, 0.3) is 45.0 Å². The van der Waals surface area contributed by atoms with Crippen molar-refractivity contribution < 1.29 is 18.3 Å². The van der Waals surface area contributed by atoms with E-state index in [1.165, 1.54) is 102 Å². The monoisotopic (exact) mass is 1670 g/mol. The maximum absolute atomic E-state index is 2.54. The summed E-state index contributed by atoms with van der Waals surface area (Å²) in [4.78, 5) is 0. The van der Waals surface area contributed by atoms with Crippen LogP contribution in [0.4, 0.5) is 0 Å². The Morgan fingerprint density at radius 3 is 0.895 bits per heavy atom. The predicted octanol–water partition coefficient (Wildman–Crippen LogP) is 23.0. The second kappa shape index (κ2) is 36.2. The van der Waals surface area contributed by atoms with Crippen LogP contribution in [-0.4, -0.2) is 53.1 Å². The van der Waals surface area contributed by atoms with Gasteiger partial charge in [0.05, 0.1) is 0 Å². The molecule has 8 rings (SSSR count). The molecule has 4 heterocycles. The van der Waals surface area contributed by atoms with Crippen molar-refractivity contribution in [3.63, 3.8) is 0 Å². The fourth-order valence-corrected chi connectivity index (χ4v) is 29.7. The quantitative estimate of drug-likeness (QED) is 0.0601. The van der Waals surface area contributed by atoms with Crippen molar-refractivity contribution in [1.29, 1.82) is 0 Å². The van der Waals surface area contributed by atoms with Gasteiger partial charge >= 0.3 is 663 Å². The zero-order valence-corrected chi connectivity index (χ0v) is 83.4. The number of pyridine rings is 4. The Hall–Kier alpha value is -4.35. The van der Waals surface area contributed by atoms with E-state index in [-0.39, 0.29) is 0 Å². The van der Waals surface area contributed by atoms with E-state index in [9.17, 15) is 0 Å². The van der Waals surface area contributed by atoms with Gasteiger partial charge in [0.25, 0.3) is 0 Å². The third kappa shape index (κ3) is 27.0. The summed E-state index contributed by atoms with van der Waals surface area (Å²) in [6.45, 7) is 53.0. The van der Waals surface area contributed by atoms with Gasteiger partial charge < -0.3 is 0 Å². The molecule has 105 heavy (non-hydrogen) atoms. The first-order valence-corrected chi connectivity index (χ1v) is 69.7. The molecule has 0 saturated carbocycles. The third-order valence-corrected chi connectivity index (χ3v) is 38.1. The Kier molecular flexibility index (Phi) is 31.5. The van der Waals surface area contributed by atoms with Gasteiger partial charge in [0, 0.05) is 0 Å². The molecular weight excluding hydrogens is 1510 g/mol. The molecule has 0 radical (unpaired) electrons. The minimum absolute atomic E-state index is 0.308. The van der Waals surface area contributed by atoms with Gasteiger partial charge in [-0.2, -0.15) is 0 Å². The average Bonchev–Trinajstić information content (AvgIpc) is 0.796. The van der Waals surface area contributed by atoms with E-state index in [0.717, 1.165) is 32.1 Å². The summed E-state index contributed by atoms with van der Waals surface area (Å²) in [6.07, 6.45) is 17.8. The third-order valence-electron chi connectivity index (χ3n) is 20.6. The normalized spacial score (nSPS) is 12.7. The summed E-state index contributed by atoms with van der Waals surface area (Å²) < 4.78 is 16.0. The van der Waals surface area contributed by atoms with Crippen molar-refractivity contribution in [2.24, 2.45) is 55.8 Å². The van der Waals surface area contributed by atoms with Crippen LogP contribution in [0.15, 0.2) is 122 Å². The van der Waals surface area contributed by atoms with Crippen LogP contribution < -0.4 is 35.9 Å². The van der Waals surface area contributed by atoms with Gasteiger partial charge in [0.1, 0.15) is 0 Å². The summed E-state index contributed by atoms with van der Waals surface area (Å²) in [5.74, 6) is 32.1. The van der Waals surface area contributed by atoms with Crippen molar-refractivity contribution in [3.05, 3.63) is 189 Å². The summed E-state index contributed by atoms with van der Waals surface area (Å²) in [5.41, 5.74) is 29.6. The van der Waals surface area contributed by atoms with Crippen LogP contribution >= 0.6 is 0 Å². The molecule has 0 amide bonds. The van der Waals surface area contributed by atoms with Gasteiger partial charge in [0.2, 0.25) is 0 Å². The predicted molar refractivity (Wildman–Crippen MR) is 476 cm³/mol.